The predicted molar refractivity (Wildman–Crippen MR) is 165 cm³/mol. The lowest BCUT2D eigenvalue weighted by Crippen LogP contribution is -2.37. The van der Waals surface area contributed by atoms with E-state index in [0.29, 0.717) is 23.3 Å². The van der Waals surface area contributed by atoms with E-state index in [1.54, 1.807) is 55.5 Å². The third-order valence-electron chi connectivity index (χ3n) is 7.27. The molecule has 0 radical (unpaired) electrons. The Kier molecular flexibility index (Phi) is 11.6. The first-order valence-electron chi connectivity index (χ1n) is 14.7. The Morgan fingerprint density at radius 1 is 1.11 bits per heavy atom. The molecule has 5 atom stereocenters. The van der Waals surface area contributed by atoms with Crippen LogP contribution in [0.3, 0.4) is 0 Å². The molecule has 45 heavy (non-hydrogen) atoms. The molecule has 0 saturated carbocycles. The van der Waals surface area contributed by atoms with E-state index in [9.17, 15) is 9.59 Å². The topological polar surface area (TPSA) is 148 Å². The number of hydrogen-bond donors (Lipinski definition) is 0. The molecule has 0 spiro atoms. The fourth-order valence-corrected chi connectivity index (χ4v) is 4.94. The number of nitrogens with zero attached hydrogens (tertiary/aromatic N) is 3. The normalized spacial score (nSPS) is 25.0. The average molecular weight is 622 g/mol. The van der Waals surface area contributed by atoms with Crippen LogP contribution in [0.15, 0.2) is 65.8 Å². The lowest BCUT2D eigenvalue weighted by molar-refractivity contribution is -0.152. The molecule has 2 aliphatic heterocycles. The predicted octanol–water partition coefficient (Wildman–Crippen LogP) is 6.26. The minimum absolute atomic E-state index is 0.118. The Morgan fingerprint density at radius 2 is 1.89 bits per heavy atom. The highest BCUT2D eigenvalue weighted by molar-refractivity contribution is 5.97. The van der Waals surface area contributed by atoms with Gasteiger partial charge < -0.3 is 33.2 Å². The maximum atomic E-state index is 13.6. The highest BCUT2D eigenvalue weighted by atomic mass is 16.8. The van der Waals surface area contributed by atoms with Gasteiger partial charge in [-0.25, -0.2) is 9.59 Å². The van der Waals surface area contributed by atoms with Crippen LogP contribution < -0.4 is 9.47 Å². The molecule has 0 aliphatic carbocycles. The van der Waals surface area contributed by atoms with Crippen LogP contribution >= 0.6 is 0 Å². The summed E-state index contributed by atoms with van der Waals surface area (Å²) in [6.45, 7) is 7.42. The molecule has 1 saturated heterocycles. The van der Waals surface area contributed by atoms with Crippen molar-refractivity contribution in [2.45, 2.75) is 64.3 Å². The van der Waals surface area contributed by atoms with E-state index >= 15 is 0 Å². The van der Waals surface area contributed by atoms with Crippen LogP contribution in [-0.2, 0) is 23.7 Å². The fourth-order valence-electron chi connectivity index (χ4n) is 4.94. The smallest absolute Gasteiger partial charge is 0.342 e. The minimum Gasteiger partial charge on any atom is -0.493 e. The summed E-state index contributed by atoms with van der Waals surface area (Å²) in [7, 11) is 1.47. The largest absolute Gasteiger partial charge is 0.493 e. The Balaban J connectivity index is 1.73. The molecule has 12 nitrogen and oxygen atoms in total. The van der Waals surface area contributed by atoms with Crippen molar-refractivity contribution in [3.63, 3.8) is 0 Å². The van der Waals surface area contributed by atoms with Crippen molar-refractivity contribution in [1.29, 1.82) is 0 Å². The van der Waals surface area contributed by atoms with Gasteiger partial charge in [0.1, 0.15) is 35.4 Å². The van der Waals surface area contributed by atoms with E-state index < -0.39 is 42.1 Å². The first-order chi connectivity index (χ1) is 21.6. The van der Waals surface area contributed by atoms with Gasteiger partial charge in [-0.1, -0.05) is 48.5 Å². The van der Waals surface area contributed by atoms with Gasteiger partial charge in [0, 0.05) is 24.0 Å². The molecule has 0 N–H and O–H groups in total. The molecular weight excluding hydrogens is 582 g/mol. The quantitative estimate of drug-likeness (QED) is 0.0602. The number of hydrogen-bond acceptors (Lipinski definition) is 10. The maximum absolute atomic E-state index is 13.6. The first-order valence-corrected chi connectivity index (χ1v) is 14.7. The van der Waals surface area contributed by atoms with Crippen molar-refractivity contribution in [3.05, 3.63) is 87.8 Å². The van der Waals surface area contributed by atoms with Crippen molar-refractivity contribution in [1.82, 2.24) is 0 Å². The number of rotatable bonds is 9. The molecule has 2 aromatic rings. The van der Waals surface area contributed by atoms with E-state index in [4.69, 9.17) is 38.7 Å². The number of esters is 2. The van der Waals surface area contributed by atoms with Crippen LogP contribution in [-0.4, -0.2) is 69.2 Å². The highest BCUT2D eigenvalue weighted by Gasteiger charge is 2.45. The van der Waals surface area contributed by atoms with E-state index in [1.165, 1.54) is 7.11 Å². The van der Waals surface area contributed by atoms with Crippen LogP contribution in [0, 0.1) is 5.92 Å². The lowest BCUT2D eigenvalue weighted by Gasteiger charge is -2.25. The second-order valence-electron chi connectivity index (χ2n) is 11.1. The molecule has 0 amide bonds. The number of azide groups is 1. The molecule has 4 rings (SSSR count). The number of fused-ring (bicyclic) bond motifs is 2. The molecule has 1 fully saturated rings. The van der Waals surface area contributed by atoms with Gasteiger partial charge in [0.05, 0.1) is 24.8 Å². The van der Waals surface area contributed by atoms with E-state index in [0.717, 1.165) is 0 Å². The lowest BCUT2D eigenvalue weighted by atomic mass is 9.98. The summed E-state index contributed by atoms with van der Waals surface area (Å²) >= 11 is 0. The minimum atomic E-state index is -0.938. The number of carbonyl (C=O) groups excluding carboxylic acids is 2. The number of cyclic esters (lactones) is 1. The summed E-state index contributed by atoms with van der Waals surface area (Å²) in [5.41, 5.74) is 9.67. The molecule has 2 aromatic carbocycles. The second kappa shape index (κ2) is 15.6. The summed E-state index contributed by atoms with van der Waals surface area (Å²) in [4.78, 5) is 29.5. The van der Waals surface area contributed by atoms with E-state index in [1.807, 2.05) is 39.0 Å². The average Bonchev–Trinajstić information content (AvgIpc) is 3.33. The number of carbonyl (C=O) groups is 2. The van der Waals surface area contributed by atoms with Crippen LogP contribution in [0.5, 0.6) is 11.5 Å². The second-order valence-corrected chi connectivity index (χ2v) is 11.1. The molecule has 0 aromatic heterocycles. The summed E-state index contributed by atoms with van der Waals surface area (Å²) < 4.78 is 41.1. The van der Waals surface area contributed by atoms with Crippen LogP contribution in [0.1, 0.15) is 60.4 Å². The SMILES string of the molecule is COCOc1cc(OCCN=[N+]=[N-])cc2c1C(=O)O[C@@H](C)[C@H](C)/C=C\C(OC(=O)c1ccccc1)C1OC(C)(C)OC1CC=C2. The standard InChI is InChI=1S/C33H39N3O9/c1-21-14-15-26(43-31(37)23-10-7-6-8-11-23)30-27(44-33(3,4)45-30)13-9-12-24-18-25(40-17-16-35-36-34)19-28(41-20-39-5)29(24)32(38)42-22(21)2/h6-12,14-15,18-19,21-22,26-27,30H,13,16-17,20H2,1-5H3/b12-9?,15-14-/t21-,22+,26?,27?,30?/m1/s1. The van der Waals surface area contributed by atoms with Crippen LogP contribution in [0.2, 0.25) is 0 Å². The molecular formula is C33H39N3O9. The van der Waals surface area contributed by atoms with Crippen molar-refractivity contribution < 1.29 is 42.7 Å². The van der Waals surface area contributed by atoms with Crippen molar-refractivity contribution in [2.75, 3.05) is 27.1 Å². The molecule has 3 unspecified atom stereocenters. The number of methoxy groups -OCH3 is 1. The Morgan fingerprint density at radius 3 is 2.62 bits per heavy atom. The molecule has 12 heteroatoms. The van der Waals surface area contributed by atoms with Crippen LogP contribution in [0.25, 0.3) is 16.5 Å². The van der Waals surface area contributed by atoms with Crippen LogP contribution in [0.4, 0.5) is 0 Å². The molecule has 240 valence electrons. The molecule has 0 bridgehead atoms. The van der Waals surface area contributed by atoms with Gasteiger partial charge in [0.15, 0.2) is 12.6 Å². The maximum Gasteiger partial charge on any atom is 0.342 e. The van der Waals surface area contributed by atoms with Gasteiger partial charge in [0.2, 0.25) is 0 Å². The number of benzene rings is 2. The Labute approximate surface area is 262 Å². The van der Waals surface area contributed by atoms with Gasteiger partial charge in [0.25, 0.3) is 0 Å². The van der Waals surface area contributed by atoms with Crippen molar-refractivity contribution in [3.8, 4) is 11.5 Å². The first kappa shape index (κ1) is 33.5. The van der Waals surface area contributed by atoms with Gasteiger partial charge in [-0.15, -0.1) is 0 Å². The van der Waals surface area contributed by atoms with Crippen molar-refractivity contribution >= 4 is 18.0 Å². The summed E-state index contributed by atoms with van der Waals surface area (Å²) in [6.07, 6.45) is 5.10. The summed E-state index contributed by atoms with van der Waals surface area (Å²) in [5.74, 6) is -1.70. The molecule has 2 aliphatic rings. The Bertz CT molecular complexity index is 1440. The van der Waals surface area contributed by atoms with Gasteiger partial charge >= 0.3 is 11.9 Å². The van der Waals surface area contributed by atoms with Gasteiger partial charge in [-0.05, 0) is 62.6 Å². The van der Waals surface area contributed by atoms with Gasteiger partial charge in [-0.3, -0.25) is 0 Å². The summed E-state index contributed by atoms with van der Waals surface area (Å²) in [6, 6.07) is 12.0. The molecule has 2 heterocycles. The zero-order valence-electron chi connectivity index (χ0n) is 26.1. The van der Waals surface area contributed by atoms with Crippen molar-refractivity contribution in [2.24, 2.45) is 11.0 Å². The highest BCUT2D eigenvalue weighted by Crippen LogP contribution is 2.36. The Hall–Kier alpha value is -4.35. The van der Waals surface area contributed by atoms with Gasteiger partial charge in [-0.2, -0.15) is 0 Å². The van der Waals surface area contributed by atoms with E-state index in [-0.39, 0.29) is 37.2 Å². The van der Waals surface area contributed by atoms with E-state index in [2.05, 4.69) is 10.0 Å². The third-order valence-corrected chi connectivity index (χ3v) is 7.27. The zero-order valence-corrected chi connectivity index (χ0v) is 26.1. The fraction of sp³-hybridized carbons (Fsp3) is 0.455. The number of ether oxygens (including phenoxy) is 7. The zero-order chi connectivity index (χ0) is 32.4. The third kappa shape index (κ3) is 9.09. The monoisotopic (exact) mass is 621 g/mol. The summed E-state index contributed by atoms with van der Waals surface area (Å²) in [5, 5.41) is 3.50.